The van der Waals surface area contributed by atoms with Gasteiger partial charge in [0, 0.05) is 44.8 Å². The Bertz CT molecular complexity index is 866. The number of carbonyl (C=O) groups excluding carboxylic acids is 1. The third-order valence-electron chi connectivity index (χ3n) is 5.14. The van der Waals surface area contributed by atoms with Crippen molar-refractivity contribution in [2.24, 2.45) is 0 Å². The van der Waals surface area contributed by atoms with Crippen molar-refractivity contribution in [1.82, 2.24) is 15.1 Å². The minimum absolute atomic E-state index is 0.125. The van der Waals surface area contributed by atoms with Gasteiger partial charge in [-0.2, -0.15) is 0 Å². The summed E-state index contributed by atoms with van der Waals surface area (Å²) >= 11 is 6.17. The molecule has 0 aromatic heterocycles. The molecule has 4 rings (SSSR count). The number of hydrogen-bond donors (Lipinski definition) is 1. The van der Waals surface area contributed by atoms with Gasteiger partial charge in [0.2, 0.25) is 6.79 Å². The summed E-state index contributed by atoms with van der Waals surface area (Å²) in [7, 11) is 2.16. The summed E-state index contributed by atoms with van der Waals surface area (Å²) in [5.74, 6) is 0.811. The predicted octanol–water partition coefficient (Wildman–Crippen LogP) is 2.75. The Morgan fingerprint density at radius 2 is 1.89 bits per heavy atom. The minimum Gasteiger partial charge on any atom is -0.454 e. The number of piperazine rings is 1. The van der Waals surface area contributed by atoms with E-state index in [1.54, 1.807) is 12.1 Å². The monoisotopic (exact) mass is 401 g/mol. The molecule has 0 aliphatic carbocycles. The Morgan fingerprint density at radius 1 is 1.11 bits per heavy atom. The lowest BCUT2D eigenvalue weighted by atomic mass is 10.1. The molecule has 2 aliphatic heterocycles. The highest BCUT2D eigenvalue weighted by molar-refractivity contribution is 6.32. The molecule has 6 nitrogen and oxygen atoms in total. The van der Waals surface area contributed by atoms with Crippen LogP contribution >= 0.6 is 11.6 Å². The van der Waals surface area contributed by atoms with E-state index in [2.05, 4.69) is 34.3 Å². The second-order valence-electron chi connectivity index (χ2n) is 7.27. The largest absolute Gasteiger partial charge is 0.454 e. The highest BCUT2D eigenvalue weighted by atomic mass is 35.5. The quantitative estimate of drug-likeness (QED) is 0.834. The number of hydrogen-bond acceptors (Lipinski definition) is 5. The Kier molecular flexibility index (Phi) is 5.71. The fourth-order valence-electron chi connectivity index (χ4n) is 3.49. The van der Waals surface area contributed by atoms with Crippen molar-refractivity contribution in [3.05, 3.63) is 58.1 Å². The van der Waals surface area contributed by atoms with Gasteiger partial charge >= 0.3 is 0 Å². The topological polar surface area (TPSA) is 54.0 Å². The second-order valence-corrected chi connectivity index (χ2v) is 7.68. The molecule has 0 atom stereocenters. The number of benzene rings is 2. The first-order chi connectivity index (χ1) is 13.6. The lowest BCUT2D eigenvalue weighted by molar-refractivity contribution is 0.0950. The van der Waals surface area contributed by atoms with Crippen LogP contribution in [0.2, 0.25) is 5.02 Å². The fourth-order valence-corrected chi connectivity index (χ4v) is 3.75. The second kappa shape index (κ2) is 8.39. The lowest BCUT2D eigenvalue weighted by Crippen LogP contribution is -2.43. The Labute approximate surface area is 170 Å². The van der Waals surface area contributed by atoms with E-state index in [0.717, 1.165) is 38.3 Å². The number of rotatable bonds is 5. The van der Waals surface area contributed by atoms with Crippen LogP contribution in [-0.2, 0) is 13.1 Å². The van der Waals surface area contributed by atoms with E-state index in [1.165, 1.54) is 5.56 Å². The van der Waals surface area contributed by atoms with Crippen molar-refractivity contribution in [2.45, 2.75) is 13.1 Å². The standard InChI is InChI=1S/C21H24ClN3O3/c1-24-5-7-25(8-6-24)13-16-4-2-3-15(9-16)12-23-21(26)17-10-18(22)20-19(11-17)27-14-28-20/h2-4,9-11H,5-8,12-14H2,1H3,(H,23,26). The van der Waals surface area contributed by atoms with Crippen LogP contribution in [0.25, 0.3) is 0 Å². The van der Waals surface area contributed by atoms with Crippen molar-refractivity contribution in [2.75, 3.05) is 40.0 Å². The van der Waals surface area contributed by atoms with E-state index in [0.29, 0.717) is 28.6 Å². The first-order valence-corrected chi connectivity index (χ1v) is 9.82. The molecule has 2 heterocycles. The van der Waals surface area contributed by atoms with Gasteiger partial charge in [0.1, 0.15) is 0 Å². The molecular formula is C21H24ClN3O3. The smallest absolute Gasteiger partial charge is 0.251 e. The highest BCUT2D eigenvalue weighted by Gasteiger charge is 2.20. The zero-order chi connectivity index (χ0) is 19.5. The summed E-state index contributed by atoms with van der Waals surface area (Å²) in [5.41, 5.74) is 2.80. The summed E-state index contributed by atoms with van der Waals surface area (Å²) < 4.78 is 10.6. The van der Waals surface area contributed by atoms with Crippen LogP contribution in [0.1, 0.15) is 21.5 Å². The number of carbonyl (C=O) groups is 1. The molecule has 0 unspecified atom stereocenters. The zero-order valence-electron chi connectivity index (χ0n) is 15.9. The van der Waals surface area contributed by atoms with Gasteiger partial charge in [0.05, 0.1) is 5.02 Å². The number of nitrogens with one attached hydrogen (secondary N) is 1. The number of ether oxygens (including phenoxy) is 2. The maximum Gasteiger partial charge on any atom is 0.251 e. The fraction of sp³-hybridized carbons (Fsp3) is 0.381. The summed E-state index contributed by atoms with van der Waals surface area (Å²) in [6, 6.07) is 11.6. The lowest BCUT2D eigenvalue weighted by Gasteiger charge is -2.32. The van der Waals surface area contributed by atoms with Gasteiger partial charge in [0.25, 0.3) is 5.91 Å². The first-order valence-electron chi connectivity index (χ1n) is 9.44. The average Bonchev–Trinajstić information content (AvgIpc) is 3.18. The Morgan fingerprint density at radius 3 is 2.71 bits per heavy atom. The average molecular weight is 402 g/mol. The molecule has 28 heavy (non-hydrogen) atoms. The van der Waals surface area contributed by atoms with Crippen molar-refractivity contribution < 1.29 is 14.3 Å². The van der Waals surface area contributed by atoms with Gasteiger partial charge in [-0.1, -0.05) is 35.9 Å². The minimum atomic E-state index is -0.190. The van der Waals surface area contributed by atoms with Crippen LogP contribution in [0, 0.1) is 0 Å². The first kappa shape index (κ1) is 19.1. The van der Waals surface area contributed by atoms with Gasteiger partial charge in [-0.3, -0.25) is 9.69 Å². The molecule has 1 amide bonds. The number of fused-ring (bicyclic) bond motifs is 1. The maximum atomic E-state index is 12.5. The summed E-state index contributed by atoms with van der Waals surface area (Å²) in [6.45, 7) is 5.90. The number of nitrogens with zero attached hydrogens (tertiary/aromatic N) is 2. The van der Waals surface area contributed by atoms with E-state index in [9.17, 15) is 4.79 Å². The molecule has 148 valence electrons. The van der Waals surface area contributed by atoms with E-state index in [4.69, 9.17) is 21.1 Å². The normalized spacial score (nSPS) is 16.9. The Hall–Kier alpha value is -2.28. The van der Waals surface area contributed by atoms with Gasteiger partial charge in [-0.25, -0.2) is 0 Å². The zero-order valence-corrected chi connectivity index (χ0v) is 16.7. The Balaban J connectivity index is 1.36. The molecule has 0 bridgehead atoms. The van der Waals surface area contributed by atoms with Crippen LogP contribution in [0.15, 0.2) is 36.4 Å². The summed E-state index contributed by atoms with van der Waals surface area (Å²) in [6.07, 6.45) is 0. The molecule has 1 N–H and O–H groups in total. The molecule has 1 saturated heterocycles. The van der Waals surface area contributed by atoms with Crippen molar-refractivity contribution in [3.8, 4) is 11.5 Å². The van der Waals surface area contributed by atoms with Crippen LogP contribution in [-0.4, -0.2) is 55.7 Å². The van der Waals surface area contributed by atoms with Crippen LogP contribution in [0.5, 0.6) is 11.5 Å². The van der Waals surface area contributed by atoms with E-state index in [1.807, 2.05) is 12.1 Å². The SMILES string of the molecule is CN1CCN(Cc2cccc(CNC(=O)c3cc(Cl)c4c(c3)OCO4)c2)CC1. The molecule has 0 saturated carbocycles. The molecule has 2 aromatic rings. The van der Waals surface area contributed by atoms with E-state index in [-0.39, 0.29) is 12.7 Å². The molecule has 0 radical (unpaired) electrons. The number of halogens is 1. The van der Waals surface area contributed by atoms with E-state index < -0.39 is 0 Å². The molecule has 1 fully saturated rings. The summed E-state index contributed by atoms with van der Waals surface area (Å²) in [4.78, 5) is 17.3. The molecule has 0 spiro atoms. The van der Waals surface area contributed by atoms with Gasteiger partial charge in [-0.15, -0.1) is 0 Å². The predicted molar refractivity (Wildman–Crippen MR) is 108 cm³/mol. The third kappa shape index (κ3) is 4.41. The van der Waals surface area contributed by atoms with Crippen LogP contribution < -0.4 is 14.8 Å². The maximum absolute atomic E-state index is 12.5. The van der Waals surface area contributed by atoms with Crippen LogP contribution in [0.4, 0.5) is 0 Å². The number of likely N-dealkylation sites (N-methyl/N-ethyl adjacent to an activating group) is 1. The number of amides is 1. The molecule has 2 aliphatic rings. The molecular weight excluding hydrogens is 378 g/mol. The molecule has 2 aromatic carbocycles. The van der Waals surface area contributed by atoms with E-state index >= 15 is 0 Å². The third-order valence-corrected chi connectivity index (χ3v) is 5.42. The highest BCUT2D eigenvalue weighted by Crippen LogP contribution is 2.39. The summed E-state index contributed by atoms with van der Waals surface area (Å²) in [5, 5.41) is 3.34. The van der Waals surface area contributed by atoms with Gasteiger partial charge < -0.3 is 19.7 Å². The van der Waals surface area contributed by atoms with Crippen molar-refractivity contribution in [1.29, 1.82) is 0 Å². The van der Waals surface area contributed by atoms with Gasteiger partial charge in [0.15, 0.2) is 11.5 Å². The van der Waals surface area contributed by atoms with Crippen molar-refractivity contribution >= 4 is 17.5 Å². The van der Waals surface area contributed by atoms with Crippen LogP contribution in [0.3, 0.4) is 0 Å². The molecule has 7 heteroatoms. The van der Waals surface area contributed by atoms with Crippen molar-refractivity contribution in [3.63, 3.8) is 0 Å². The van der Waals surface area contributed by atoms with Gasteiger partial charge in [-0.05, 0) is 30.3 Å².